The minimum absolute atomic E-state index is 0.0259. The van der Waals surface area contributed by atoms with E-state index in [1.807, 2.05) is 48.0 Å². The van der Waals surface area contributed by atoms with Crippen LogP contribution in [0.1, 0.15) is 59.9 Å². The first-order valence-electron chi connectivity index (χ1n) is 13.9. The Labute approximate surface area is 244 Å². The molecule has 12 heteroatoms. The van der Waals surface area contributed by atoms with E-state index in [1.165, 1.54) is 22.5 Å². The third-order valence-corrected chi connectivity index (χ3v) is 8.71. The summed E-state index contributed by atoms with van der Waals surface area (Å²) in [6.45, 7) is 4.82. The first kappa shape index (κ1) is 29.5. The van der Waals surface area contributed by atoms with Crippen LogP contribution in [-0.2, 0) is 39.5 Å². The van der Waals surface area contributed by atoms with Gasteiger partial charge in [-0.05, 0) is 73.2 Å². The quantitative estimate of drug-likeness (QED) is 0.195. The van der Waals surface area contributed by atoms with Crippen molar-refractivity contribution in [3.05, 3.63) is 82.4 Å². The van der Waals surface area contributed by atoms with Gasteiger partial charge in [0.15, 0.2) is 0 Å². The van der Waals surface area contributed by atoms with Gasteiger partial charge in [0, 0.05) is 37.7 Å². The molecule has 0 bridgehead atoms. The van der Waals surface area contributed by atoms with Gasteiger partial charge in [0.05, 0.1) is 18.5 Å². The van der Waals surface area contributed by atoms with E-state index in [1.54, 1.807) is 6.92 Å². The van der Waals surface area contributed by atoms with Crippen molar-refractivity contribution in [2.75, 3.05) is 13.2 Å². The summed E-state index contributed by atoms with van der Waals surface area (Å²) < 4.78 is 39.4. The number of ether oxygens (including phenoxy) is 1. The van der Waals surface area contributed by atoms with E-state index in [-0.39, 0.29) is 56.1 Å². The summed E-state index contributed by atoms with van der Waals surface area (Å²) in [6, 6.07) is 15.7. The molecule has 1 unspecified atom stereocenters. The summed E-state index contributed by atoms with van der Waals surface area (Å²) >= 11 is 0. The lowest BCUT2D eigenvalue weighted by molar-refractivity contribution is -0.143. The predicted molar refractivity (Wildman–Crippen MR) is 155 cm³/mol. The average molecular weight is 595 g/mol. The van der Waals surface area contributed by atoms with E-state index in [0.29, 0.717) is 24.1 Å². The maximum atomic E-state index is 12.9. The third-order valence-electron chi connectivity index (χ3n) is 7.43. The molecule has 0 saturated carbocycles. The molecule has 3 aromatic carbocycles. The molecule has 11 nitrogen and oxygen atoms in total. The Morgan fingerprint density at radius 3 is 2.76 bits per heavy atom. The van der Waals surface area contributed by atoms with Crippen molar-refractivity contribution in [2.45, 2.75) is 58.7 Å². The highest BCUT2D eigenvalue weighted by atomic mass is 32.2. The van der Waals surface area contributed by atoms with Crippen LogP contribution in [0.4, 0.5) is 0 Å². The number of phenolic OH excluding ortho intramolecular Hbond substituents is 1. The number of hydrogen-bond donors (Lipinski definition) is 2. The fourth-order valence-electron chi connectivity index (χ4n) is 5.35. The number of benzene rings is 3. The summed E-state index contributed by atoms with van der Waals surface area (Å²) in [4.78, 5) is 12.8. The number of aromatic nitrogens is 3. The largest absolute Gasteiger partial charge is 0.508 e. The molecule has 1 aliphatic rings. The van der Waals surface area contributed by atoms with Crippen LogP contribution in [0.5, 0.6) is 11.5 Å². The fourth-order valence-corrected chi connectivity index (χ4v) is 6.44. The molecule has 0 radical (unpaired) electrons. The standard InChI is InChI=1S/C30H34N4O7S/c1-3-40-29(37)17-26(25-10-11-27-30(20(25)2)31-32-34(27)13-4-5-14-35)22-8-6-7-21(15-22)18-33-19-23-16-24(36)9-12-28(23)41-42(33,38)39/h6-12,15-16,26,35-36H,3-5,13-14,17-19H2,1-2H3. The number of aromatic hydroxyl groups is 1. The maximum Gasteiger partial charge on any atom is 0.385 e. The van der Waals surface area contributed by atoms with Gasteiger partial charge in [0.25, 0.3) is 0 Å². The molecule has 5 rings (SSSR count). The van der Waals surface area contributed by atoms with Gasteiger partial charge in [-0.3, -0.25) is 4.79 Å². The van der Waals surface area contributed by atoms with Crippen LogP contribution in [0, 0.1) is 6.92 Å². The minimum atomic E-state index is -4.05. The van der Waals surface area contributed by atoms with E-state index in [9.17, 15) is 18.3 Å². The van der Waals surface area contributed by atoms with E-state index in [2.05, 4.69) is 10.3 Å². The number of carbonyl (C=O) groups excluding carboxylic acids is 1. The van der Waals surface area contributed by atoms with E-state index < -0.39 is 10.3 Å². The topological polar surface area (TPSA) is 144 Å². The van der Waals surface area contributed by atoms with Gasteiger partial charge in [-0.15, -0.1) is 5.10 Å². The van der Waals surface area contributed by atoms with Crippen LogP contribution < -0.4 is 4.18 Å². The lowest BCUT2D eigenvalue weighted by Crippen LogP contribution is -2.37. The Balaban J connectivity index is 1.47. The van der Waals surface area contributed by atoms with Crippen molar-refractivity contribution in [3.8, 4) is 11.5 Å². The molecule has 2 heterocycles. The highest BCUT2D eigenvalue weighted by Gasteiger charge is 2.32. The van der Waals surface area contributed by atoms with E-state index in [0.717, 1.165) is 34.1 Å². The Morgan fingerprint density at radius 1 is 1.14 bits per heavy atom. The number of aliphatic hydroxyl groups is 1. The molecule has 0 aliphatic carbocycles. The summed E-state index contributed by atoms with van der Waals surface area (Å²) in [7, 11) is -4.05. The molecule has 222 valence electrons. The number of nitrogens with zero attached hydrogens (tertiary/aromatic N) is 4. The Morgan fingerprint density at radius 2 is 1.98 bits per heavy atom. The molecule has 1 aliphatic heterocycles. The molecule has 0 fully saturated rings. The lowest BCUT2D eigenvalue weighted by Gasteiger charge is -2.28. The summed E-state index contributed by atoms with van der Waals surface area (Å²) in [5, 5.41) is 27.7. The zero-order chi connectivity index (χ0) is 29.9. The molecule has 42 heavy (non-hydrogen) atoms. The van der Waals surface area contributed by atoms with Crippen molar-refractivity contribution < 1.29 is 32.3 Å². The molecule has 0 spiro atoms. The minimum Gasteiger partial charge on any atom is -0.508 e. The summed E-state index contributed by atoms with van der Waals surface area (Å²) in [6.07, 6.45) is 1.54. The number of aliphatic hydroxyl groups excluding tert-OH is 1. The van der Waals surface area contributed by atoms with Crippen LogP contribution in [0.3, 0.4) is 0 Å². The predicted octanol–water partition coefficient (Wildman–Crippen LogP) is 3.94. The van der Waals surface area contributed by atoms with Gasteiger partial charge in [-0.25, -0.2) is 4.68 Å². The second kappa shape index (κ2) is 12.5. The fraction of sp³-hybridized carbons (Fsp3) is 0.367. The Bertz CT molecular complexity index is 1700. The molecule has 0 amide bonds. The van der Waals surface area contributed by atoms with Crippen molar-refractivity contribution in [3.63, 3.8) is 0 Å². The smallest absolute Gasteiger partial charge is 0.385 e. The number of hydrogen-bond acceptors (Lipinski definition) is 9. The van der Waals surface area contributed by atoms with E-state index in [4.69, 9.17) is 14.0 Å². The molecule has 1 atom stereocenters. The van der Waals surface area contributed by atoms with Crippen LogP contribution in [0.2, 0.25) is 0 Å². The SMILES string of the molecule is CCOC(=O)CC(c1cccc(CN2Cc3cc(O)ccc3OS2(=O)=O)c1)c1ccc2c(nnn2CCCCO)c1C. The van der Waals surface area contributed by atoms with Gasteiger partial charge in [0.1, 0.15) is 17.0 Å². The van der Waals surface area contributed by atoms with Crippen molar-refractivity contribution in [1.82, 2.24) is 19.3 Å². The van der Waals surface area contributed by atoms with Crippen LogP contribution in [0.15, 0.2) is 54.6 Å². The highest BCUT2D eigenvalue weighted by Crippen LogP contribution is 2.36. The van der Waals surface area contributed by atoms with Crippen molar-refractivity contribution in [1.29, 1.82) is 0 Å². The van der Waals surface area contributed by atoms with Gasteiger partial charge in [-0.1, -0.05) is 35.5 Å². The monoisotopic (exact) mass is 594 g/mol. The second-order valence-electron chi connectivity index (χ2n) is 10.3. The number of rotatable bonds is 11. The van der Waals surface area contributed by atoms with Crippen LogP contribution >= 0.6 is 0 Å². The number of fused-ring (bicyclic) bond motifs is 2. The number of unbranched alkanes of at least 4 members (excludes halogenated alkanes) is 1. The molecular formula is C30H34N4O7S. The van der Waals surface area contributed by atoms with E-state index >= 15 is 0 Å². The first-order valence-corrected chi connectivity index (χ1v) is 15.3. The second-order valence-corrected chi connectivity index (χ2v) is 11.8. The molecule has 2 N–H and O–H groups in total. The number of phenols is 1. The Kier molecular flexibility index (Phi) is 8.76. The van der Waals surface area contributed by atoms with Gasteiger partial charge >= 0.3 is 16.3 Å². The zero-order valence-corrected chi connectivity index (χ0v) is 24.4. The molecule has 0 saturated heterocycles. The Hall–Kier alpha value is -4.00. The summed E-state index contributed by atoms with van der Waals surface area (Å²) in [5.41, 5.74) is 5.50. The number of carbonyl (C=O) groups is 1. The van der Waals surface area contributed by atoms with Gasteiger partial charge in [-0.2, -0.15) is 12.7 Å². The summed E-state index contributed by atoms with van der Waals surface area (Å²) in [5.74, 6) is -0.496. The molecular weight excluding hydrogens is 560 g/mol. The maximum absolute atomic E-state index is 12.9. The number of aryl methyl sites for hydroxylation is 2. The molecule has 4 aromatic rings. The third kappa shape index (κ3) is 6.25. The highest BCUT2D eigenvalue weighted by molar-refractivity contribution is 7.84. The van der Waals surface area contributed by atoms with Crippen LogP contribution in [0.25, 0.3) is 11.0 Å². The van der Waals surface area contributed by atoms with Crippen molar-refractivity contribution in [2.24, 2.45) is 0 Å². The molecule has 1 aromatic heterocycles. The lowest BCUT2D eigenvalue weighted by atomic mass is 9.85. The van der Waals surface area contributed by atoms with Gasteiger partial charge < -0.3 is 19.1 Å². The number of esters is 1. The van der Waals surface area contributed by atoms with Crippen molar-refractivity contribution >= 4 is 27.3 Å². The first-order chi connectivity index (χ1) is 20.2. The average Bonchev–Trinajstić information content (AvgIpc) is 3.37. The van der Waals surface area contributed by atoms with Crippen LogP contribution in [-0.4, -0.2) is 57.1 Å². The van der Waals surface area contributed by atoms with Gasteiger partial charge in [0.2, 0.25) is 0 Å². The normalized spacial score (nSPS) is 15.2. The zero-order valence-electron chi connectivity index (χ0n) is 23.6.